The molecule has 2 unspecified atom stereocenters. The molecule has 0 N–H and O–H groups in total. The van der Waals surface area contributed by atoms with Gasteiger partial charge >= 0.3 is 6.18 Å². The zero-order valence-corrected chi connectivity index (χ0v) is 11.8. The van der Waals surface area contributed by atoms with Gasteiger partial charge in [0, 0.05) is 6.54 Å². The molecule has 0 aliphatic carbocycles. The minimum absolute atomic E-state index is 0.0686. The Kier molecular flexibility index (Phi) is 3.94. The van der Waals surface area contributed by atoms with Crippen molar-refractivity contribution in [1.82, 2.24) is 0 Å². The Hall–Kier alpha value is -2.04. The highest BCUT2D eigenvalue weighted by Gasteiger charge is 2.58. The minimum Gasteiger partial charge on any atom is -0.491 e. The lowest BCUT2D eigenvalue weighted by Gasteiger charge is -2.28. The van der Waals surface area contributed by atoms with Gasteiger partial charge in [-0.15, -0.1) is 0 Å². The molecule has 1 aliphatic rings. The third kappa shape index (κ3) is 2.45. The number of alkyl halides is 3. The molecule has 0 aromatic heterocycles. The van der Waals surface area contributed by atoms with E-state index in [2.05, 4.69) is 0 Å². The summed E-state index contributed by atoms with van der Waals surface area (Å²) >= 11 is 0. The van der Waals surface area contributed by atoms with Gasteiger partial charge in [0.2, 0.25) is 5.82 Å². The van der Waals surface area contributed by atoms with Crippen molar-refractivity contribution in [2.24, 2.45) is 5.41 Å². The maximum absolute atomic E-state index is 13.7. The van der Waals surface area contributed by atoms with Gasteiger partial charge in [0.1, 0.15) is 6.04 Å². The zero-order chi connectivity index (χ0) is 16.7. The summed E-state index contributed by atoms with van der Waals surface area (Å²) in [6.07, 6.45) is -4.96. The van der Waals surface area contributed by atoms with E-state index in [-0.39, 0.29) is 5.69 Å². The summed E-state index contributed by atoms with van der Waals surface area (Å²) in [6, 6.07) is 2.58. The molecule has 1 fully saturated rings. The summed E-state index contributed by atoms with van der Waals surface area (Å²) in [5.74, 6) is -2.98. The fourth-order valence-electron chi connectivity index (χ4n) is 2.60. The molecule has 0 spiro atoms. The number of methoxy groups -OCH3 is 1. The maximum atomic E-state index is 13.7. The van der Waals surface area contributed by atoms with E-state index in [0.29, 0.717) is 0 Å². The molecule has 0 radical (unpaired) electrons. The molecule has 0 amide bonds. The van der Waals surface area contributed by atoms with E-state index in [0.717, 1.165) is 31.1 Å². The fraction of sp³-hybridized carbons (Fsp3) is 0.500. The molecule has 2 rings (SSSR count). The molecule has 1 aromatic rings. The average Bonchev–Trinajstić information content (AvgIpc) is 2.79. The normalized spacial score (nSPS) is 25.2. The summed E-state index contributed by atoms with van der Waals surface area (Å²) in [5, 5.41) is 9.12. The number of benzene rings is 1. The summed E-state index contributed by atoms with van der Waals surface area (Å²) in [7, 11) is 1.09. The summed E-state index contributed by atoms with van der Waals surface area (Å²) < 4.78 is 71.2. The van der Waals surface area contributed by atoms with Crippen molar-refractivity contribution in [2.75, 3.05) is 18.6 Å². The van der Waals surface area contributed by atoms with E-state index in [1.54, 1.807) is 6.07 Å². The second kappa shape index (κ2) is 5.30. The lowest BCUT2D eigenvalue weighted by atomic mass is 9.87. The number of nitrogens with zero attached hydrogens (tertiary/aromatic N) is 2. The maximum Gasteiger partial charge on any atom is 0.396 e. The summed E-state index contributed by atoms with van der Waals surface area (Å²) in [5.41, 5.74) is -2.18. The van der Waals surface area contributed by atoms with Crippen molar-refractivity contribution in [1.29, 1.82) is 5.26 Å². The molecule has 1 aliphatic heterocycles. The monoisotopic (exact) mass is 320 g/mol. The second-order valence-electron chi connectivity index (χ2n) is 5.45. The highest BCUT2D eigenvalue weighted by molar-refractivity contribution is 5.62. The van der Waals surface area contributed by atoms with Crippen molar-refractivity contribution in [3.63, 3.8) is 0 Å². The van der Waals surface area contributed by atoms with E-state index in [1.165, 1.54) is 0 Å². The molecule has 0 bridgehead atoms. The first kappa shape index (κ1) is 16.3. The largest absolute Gasteiger partial charge is 0.491 e. The predicted molar refractivity (Wildman–Crippen MR) is 68.4 cm³/mol. The van der Waals surface area contributed by atoms with Crippen LogP contribution >= 0.6 is 0 Å². The van der Waals surface area contributed by atoms with Crippen molar-refractivity contribution in [3.8, 4) is 11.8 Å². The summed E-state index contributed by atoms with van der Waals surface area (Å²) in [6.45, 7) is 0.472. The van der Waals surface area contributed by atoms with Crippen molar-refractivity contribution >= 4 is 5.69 Å². The minimum atomic E-state index is -4.51. The summed E-state index contributed by atoms with van der Waals surface area (Å²) in [4.78, 5) is 1.11. The highest BCUT2D eigenvalue weighted by Crippen LogP contribution is 2.49. The molecule has 2 atom stereocenters. The van der Waals surface area contributed by atoms with Gasteiger partial charge in [-0.05, 0) is 25.5 Å². The predicted octanol–water partition coefficient (Wildman–Crippen LogP) is 3.64. The van der Waals surface area contributed by atoms with Crippen LogP contribution in [-0.2, 0) is 0 Å². The SMILES string of the molecule is COc1c(N2CC(C)(C(F)(F)F)CC2C#N)ccc(F)c1F. The number of nitriles is 1. The number of hydrogen-bond acceptors (Lipinski definition) is 3. The lowest BCUT2D eigenvalue weighted by molar-refractivity contribution is -0.210. The van der Waals surface area contributed by atoms with E-state index in [4.69, 9.17) is 10.00 Å². The Morgan fingerprint density at radius 3 is 2.50 bits per heavy atom. The molecular weight excluding hydrogens is 307 g/mol. The molecule has 1 saturated heterocycles. The van der Waals surface area contributed by atoms with Gasteiger partial charge in [-0.2, -0.15) is 22.8 Å². The first-order valence-corrected chi connectivity index (χ1v) is 6.39. The van der Waals surface area contributed by atoms with Crippen LogP contribution in [0.25, 0.3) is 0 Å². The van der Waals surface area contributed by atoms with Gasteiger partial charge in [0.15, 0.2) is 11.6 Å². The van der Waals surface area contributed by atoms with E-state index >= 15 is 0 Å². The molecule has 22 heavy (non-hydrogen) atoms. The Morgan fingerprint density at radius 1 is 1.36 bits per heavy atom. The van der Waals surface area contributed by atoms with Gasteiger partial charge in [-0.3, -0.25) is 0 Å². The van der Waals surface area contributed by atoms with Crippen molar-refractivity contribution < 1.29 is 26.7 Å². The van der Waals surface area contributed by atoms with Gasteiger partial charge in [0.05, 0.1) is 24.3 Å². The Balaban J connectivity index is 2.49. The average molecular weight is 320 g/mol. The van der Waals surface area contributed by atoms with Crippen LogP contribution < -0.4 is 9.64 Å². The molecule has 1 aromatic carbocycles. The first-order chi connectivity index (χ1) is 10.1. The Bertz CT molecular complexity index is 625. The van der Waals surface area contributed by atoms with Crippen LogP contribution in [0.3, 0.4) is 0 Å². The zero-order valence-electron chi connectivity index (χ0n) is 11.8. The van der Waals surface area contributed by atoms with E-state index < -0.39 is 48.0 Å². The van der Waals surface area contributed by atoms with Crippen LogP contribution in [0.5, 0.6) is 5.75 Å². The molecule has 1 heterocycles. The van der Waals surface area contributed by atoms with Crippen LogP contribution in [0, 0.1) is 28.4 Å². The highest BCUT2D eigenvalue weighted by atomic mass is 19.4. The lowest BCUT2D eigenvalue weighted by Crippen LogP contribution is -2.38. The first-order valence-electron chi connectivity index (χ1n) is 6.39. The Morgan fingerprint density at radius 2 is 2.00 bits per heavy atom. The smallest absolute Gasteiger partial charge is 0.396 e. The van der Waals surface area contributed by atoms with Crippen LogP contribution in [0.2, 0.25) is 0 Å². The van der Waals surface area contributed by atoms with Crippen LogP contribution in [-0.4, -0.2) is 25.9 Å². The number of hydrogen-bond donors (Lipinski definition) is 0. The fourth-order valence-corrected chi connectivity index (χ4v) is 2.60. The topological polar surface area (TPSA) is 36.3 Å². The van der Waals surface area contributed by atoms with Crippen molar-refractivity contribution in [3.05, 3.63) is 23.8 Å². The second-order valence-corrected chi connectivity index (χ2v) is 5.45. The standard InChI is InChI=1S/C14H13F5N2O/c1-13(14(17,18)19)5-8(6-20)21(7-13)10-4-3-9(15)11(16)12(10)22-2/h3-4,8H,5,7H2,1-2H3. The van der Waals surface area contributed by atoms with Crippen LogP contribution in [0.15, 0.2) is 12.1 Å². The molecule has 120 valence electrons. The van der Waals surface area contributed by atoms with Gasteiger partial charge in [-0.1, -0.05) is 0 Å². The van der Waals surface area contributed by atoms with E-state index in [1.807, 2.05) is 0 Å². The third-order valence-corrected chi connectivity index (χ3v) is 3.92. The molecule has 0 saturated carbocycles. The molecule has 3 nitrogen and oxygen atoms in total. The molecular formula is C14H13F5N2O. The van der Waals surface area contributed by atoms with Gasteiger partial charge in [-0.25, -0.2) is 4.39 Å². The number of halogens is 5. The Labute approximate surface area is 123 Å². The van der Waals surface area contributed by atoms with Gasteiger partial charge in [0.25, 0.3) is 0 Å². The third-order valence-electron chi connectivity index (χ3n) is 3.92. The number of anilines is 1. The van der Waals surface area contributed by atoms with Crippen molar-refractivity contribution in [2.45, 2.75) is 25.6 Å². The van der Waals surface area contributed by atoms with Crippen LogP contribution in [0.4, 0.5) is 27.6 Å². The number of ether oxygens (including phenoxy) is 1. The van der Waals surface area contributed by atoms with Gasteiger partial charge < -0.3 is 9.64 Å². The van der Waals surface area contributed by atoms with Crippen LogP contribution in [0.1, 0.15) is 13.3 Å². The quantitative estimate of drug-likeness (QED) is 0.781. The van der Waals surface area contributed by atoms with E-state index in [9.17, 15) is 22.0 Å². The molecule has 8 heteroatoms. The number of rotatable bonds is 2.